The van der Waals surface area contributed by atoms with Gasteiger partial charge in [0.15, 0.2) is 5.78 Å². The molecule has 2 heterocycles. The lowest BCUT2D eigenvalue weighted by atomic mass is 9.64. The van der Waals surface area contributed by atoms with Crippen molar-refractivity contribution in [3.63, 3.8) is 0 Å². The van der Waals surface area contributed by atoms with Gasteiger partial charge in [0.05, 0.1) is 50.0 Å². The van der Waals surface area contributed by atoms with Crippen molar-refractivity contribution in [1.82, 2.24) is 0 Å². The molecule has 0 radical (unpaired) electrons. The van der Waals surface area contributed by atoms with Crippen LogP contribution in [0.5, 0.6) is 0 Å². The minimum Gasteiger partial charge on any atom is -0.393 e. The third-order valence-corrected chi connectivity index (χ3v) is 14.3. The lowest BCUT2D eigenvalue weighted by Crippen LogP contribution is -2.95. The number of ketones is 2. The summed E-state index contributed by atoms with van der Waals surface area (Å²) in [6.45, 7) is 2.16. The van der Waals surface area contributed by atoms with Crippen molar-refractivity contribution >= 4 is 11.6 Å². The number of piperidine rings is 2. The molecule has 49 heavy (non-hydrogen) atoms. The lowest BCUT2D eigenvalue weighted by Gasteiger charge is -2.41. The topological polar surface area (TPSA) is 163 Å². The molecule has 9 heteroatoms. The lowest BCUT2D eigenvalue weighted by molar-refractivity contribution is -0.711. The van der Waals surface area contributed by atoms with Gasteiger partial charge in [-0.1, -0.05) is 11.8 Å². The number of quaternary nitrogens is 2. The van der Waals surface area contributed by atoms with Gasteiger partial charge in [-0.05, 0) is 120 Å². The Bertz CT molecular complexity index is 1190. The molecule has 6 unspecified atom stereocenters. The predicted molar refractivity (Wildman–Crippen MR) is 187 cm³/mol. The highest BCUT2D eigenvalue weighted by Gasteiger charge is 2.49. The molecular weight excluding hydrogens is 618 g/mol. The van der Waals surface area contributed by atoms with Gasteiger partial charge in [-0.25, -0.2) is 0 Å². The summed E-state index contributed by atoms with van der Waals surface area (Å²) in [5.74, 6) is 10.2. The second-order valence-corrected chi connectivity index (χ2v) is 17.4. The molecule has 276 valence electrons. The monoisotopic (exact) mass is 686 g/mol. The van der Waals surface area contributed by atoms with Crippen LogP contribution < -0.4 is 16.4 Å². The van der Waals surface area contributed by atoms with E-state index in [9.17, 15) is 24.9 Å². The van der Waals surface area contributed by atoms with E-state index in [0.29, 0.717) is 74.0 Å². The molecule has 6 rings (SSSR count). The fourth-order valence-electron chi connectivity index (χ4n) is 11.1. The van der Waals surface area contributed by atoms with E-state index >= 15 is 0 Å². The number of fused-ring (bicyclic) bond motifs is 2. The average molecular weight is 686 g/mol. The first-order chi connectivity index (χ1) is 23.6. The van der Waals surface area contributed by atoms with Gasteiger partial charge in [0.1, 0.15) is 17.4 Å². The number of ether oxygens (including phenoxy) is 1. The zero-order chi connectivity index (χ0) is 34.5. The SMILES string of the molecule is COC1CC2CCC(=O)[C@]3(C#C[C@H](CC[C@H](O)CCC4CC[NH2+]C(N)C4)C2CC1O)CC[C@H](CC[C@H]1C[NH2+][C@@H]2CC(=O)CC[C@H]2C1)C[C@H]3O. The first kappa shape index (κ1) is 37.4. The van der Waals surface area contributed by atoms with Gasteiger partial charge in [-0.15, -0.1) is 0 Å². The normalized spacial score (nSPS) is 43.7. The maximum atomic E-state index is 14.1. The number of methoxy groups -OCH3 is 1. The molecule has 0 aromatic heterocycles. The van der Waals surface area contributed by atoms with Crippen LogP contribution in [-0.4, -0.2) is 83.7 Å². The molecule has 1 spiro atoms. The first-order valence-corrected chi connectivity index (χ1v) is 20.2. The van der Waals surface area contributed by atoms with Crippen LogP contribution in [0.25, 0.3) is 0 Å². The predicted octanol–water partition coefficient (Wildman–Crippen LogP) is 1.80. The molecular formula is C40H67N3O6+2. The molecule has 2 saturated heterocycles. The Morgan fingerprint density at radius 3 is 2.47 bits per heavy atom. The molecule has 6 aliphatic rings. The fraction of sp³-hybridized carbons (Fsp3) is 0.900. The van der Waals surface area contributed by atoms with Crippen molar-refractivity contribution in [1.29, 1.82) is 0 Å². The number of rotatable bonds is 10. The Kier molecular flexibility index (Phi) is 12.9. The number of Topliss-reactive ketones (excluding diaryl/α,β-unsaturated/α-hetero) is 2. The summed E-state index contributed by atoms with van der Waals surface area (Å²) in [4.78, 5) is 26.0. The summed E-state index contributed by atoms with van der Waals surface area (Å²) in [7, 11) is 1.66. The van der Waals surface area contributed by atoms with Crippen molar-refractivity contribution in [3.05, 3.63) is 0 Å². The first-order valence-electron chi connectivity index (χ1n) is 20.2. The second-order valence-electron chi connectivity index (χ2n) is 17.4. The molecule has 3 saturated carbocycles. The summed E-state index contributed by atoms with van der Waals surface area (Å²) < 4.78 is 5.67. The van der Waals surface area contributed by atoms with Crippen LogP contribution in [0, 0.1) is 58.7 Å². The Labute approximate surface area is 294 Å². The summed E-state index contributed by atoms with van der Waals surface area (Å²) >= 11 is 0. The molecule has 9 nitrogen and oxygen atoms in total. The van der Waals surface area contributed by atoms with E-state index < -0.39 is 23.7 Å². The summed E-state index contributed by atoms with van der Waals surface area (Å²) in [6.07, 6.45) is 14.1. The van der Waals surface area contributed by atoms with E-state index in [4.69, 9.17) is 10.5 Å². The van der Waals surface area contributed by atoms with Crippen molar-refractivity contribution in [2.75, 3.05) is 20.2 Å². The van der Waals surface area contributed by atoms with E-state index in [1.165, 1.54) is 6.42 Å². The minimum absolute atomic E-state index is 0.0426. The molecule has 0 aromatic carbocycles. The third kappa shape index (κ3) is 9.17. The van der Waals surface area contributed by atoms with E-state index in [-0.39, 0.29) is 35.8 Å². The minimum atomic E-state index is -1.02. The molecule has 9 N–H and O–H groups in total. The van der Waals surface area contributed by atoms with Crippen LogP contribution in [0.3, 0.4) is 0 Å². The van der Waals surface area contributed by atoms with Crippen molar-refractivity contribution in [2.45, 2.75) is 159 Å². The van der Waals surface area contributed by atoms with Gasteiger partial charge in [0.2, 0.25) is 0 Å². The van der Waals surface area contributed by atoms with Crippen molar-refractivity contribution < 1.29 is 40.3 Å². The smallest absolute Gasteiger partial charge is 0.153 e. The zero-order valence-electron chi connectivity index (χ0n) is 30.2. The highest BCUT2D eigenvalue weighted by molar-refractivity contribution is 5.89. The van der Waals surface area contributed by atoms with Crippen LogP contribution in [0.4, 0.5) is 0 Å². The van der Waals surface area contributed by atoms with Crippen molar-refractivity contribution in [2.24, 2.45) is 52.6 Å². The molecule has 14 atom stereocenters. The van der Waals surface area contributed by atoms with Gasteiger partial charge < -0.3 is 30.7 Å². The van der Waals surface area contributed by atoms with E-state index in [1.54, 1.807) is 7.11 Å². The van der Waals surface area contributed by atoms with Crippen LogP contribution in [0.15, 0.2) is 0 Å². The maximum Gasteiger partial charge on any atom is 0.153 e. The quantitative estimate of drug-likeness (QED) is 0.191. The largest absolute Gasteiger partial charge is 0.393 e. The summed E-state index contributed by atoms with van der Waals surface area (Å²) in [6, 6.07) is 0.487. The van der Waals surface area contributed by atoms with Crippen LogP contribution in [0.2, 0.25) is 0 Å². The van der Waals surface area contributed by atoms with E-state index in [2.05, 4.69) is 22.5 Å². The van der Waals surface area contributed by atoms with Crippen LogP contribution in [0.1, 0.15) is 122 Å². The molecule has 0 aromatic rings. The molecule has 0 bridgehead atoms. The summed E-state index contributed by atoms with van der Waals surface area (Å²) in [5, 5.41) is 38.5. The number of hydrogen-bond acceptors (Lipinski definition) is 7. The molecule has 4 aliphatic carbocycles. The average Bonchev–Trinajstić information content (AvgIpc) is 3.14. The van der Waals surface area contributed by atoms with Gasteiger partial charge >= 0.3 is 0 Å². The standard InChI is InChI=1S/C40H65N3O6/c1-49-36-21-29-7-11-37(47)40(15-12-25(19-38(40)48)2-3-27-18-30-6-10-32(45)22-34(30)43-24-27)16-13-28(33(29)23-35(36)46)5-9-31(44)8-4-26-14-17-42-39(41)20-26/h25-31,33-36,38-39,42-44,46,48H,2-12,14-15,17-24,41H2,1H3/p+2/t25-,26?,27+,28-,29?,30-,31+,33?,34+,35?,36?,38+,39?,40+/m0/s1. The van der Waals surface area contributed by atoms with Gasteiger partial charge in [-0.3, -0.25) is 15.3 Å². The number of hydrogen-bond donors (Lipinski definition) is 6. The number of aliphatic hydroxyl groups excluding tert-OH is 3. The van der Waals surface area contributed by atoms with Crippen LogP contribution in [-0.2, 0) is 14.3 Å². The number of carbonyl (C=O) groups is 2. The Morgan fingerprint density at radius 1 is 0.898 bits per heavy atom. The highest BCUT2D eigenvalue weighted by atomic mass is 16.5. The third-order valence-electron chi connectivity index (χ3n) is 14.3. The molecule has 2 aliphatic heterocycles. The zero-order valence-corrected chi connectivity index (χ0v) is 30.2. The Morgan fingerprint density at radius 2 is 1.67 bits per heavy atom. The number of nitrogens with two attached hydrogens (primary N) is 3. The number of carbonyl (C=O) groups excluding carboxylic acids is 2. The van der Waals surface area contributed by atoms with Gasteiger partial charge in [0.25, 0.3) is 0 Å². The summed E-state index contributed by atoms with van der Waals surface area (Å²) in [5.41, 5.74) is 5.15. The fourth-order valence-corrected chi connectivity index (χ4v) is 11.1. The van der Waals surface area contributed by atoms with Gasteiger partial charge in [0, 0.05) is 44.1 Å². The Balaban J connectivity index is 1.09. The van der Waals surface area contributed by atoms with Crippen LogP contribution >= 0.6 is 0 Å². The highest BCUT2D eigenvalue weighted by Crippen LogP contribution is 2.47. The Hall–Kier alpha value is -1.38. The van der Waals surface area contributed by atoms with Crippen molar-refractivity contribution in [3.8, 4) is 11.8 Å². The molecule has 5 fully saturated rings. The van der Waals surface area contributed by atoms with Gasteiger partial charge in [-0.2, -0.15) is 0 Å². The van der Waals surface area contributed by atoms with E-state index in [0.717, 1.165) is 90.1 Å². The molecule has 0 amide bonds. The second kappa shape index (κ2) is 17.0. The van der Waals surface area contributed by atoms with E-state index in [1.807, 2.05) is 0 Å². The maximum absolute atomic E-state index is 14.1. The number of aliphatic hydroxyl groups is 3.